The molecule has 2 aromatic rings. The second-order valence-corrected chi connectivity index (χ2v) is 7.21. The van der Waals surface area contributed by atoms with Crippen LogP contribution in [0.25, 0.3) is 0 Å². The van der Waals surface area contributed by atoms with Crippen LogP contribution in [-0.2, 0) is 16.1 Å². The molecule has 2 saturated heterocycles. The number of carbonyl (C=O) groups is 3. The maximum atomic E-state index is 12.5. The molecule has 9 heteroatoms. The molecule has 8 nitrogen and oxygen atoms in total. The Morgan fingerprint density at radius 3 is 2.52 bits per heavy atom. The zero-order chi connectivity index (χ0) is 19.5. The Morgan fingerprint density at radius 1 is 1.14 bits per heavy atom. The van der Waals surface area contributed by atoms with Crippen molar-refractivity contribution in [1.29, 1.82) is 0 Å². The van der Waals surface area contributed by atoms with Crippen LogP contribution >= 0.6 is 12.4 Å². The van der Waals surface area contributed by atoms with Crippen LogP contribution in [0, 0.1) is 0 Å². The van der Waals surface area contributed by atoms with Crippen LogP contribution < -0.4 is 10.6 Å². The Balaban J connectivity index is 0.00000240. The molecular weight excluding hydrogens is 394 g/mol. The Bertz CT molecular complexity index is 874. The van der Waals surface area contributed by atoms with Gasteiger partial charge in [-0.05, 0) is 43.1 Å². The fraction of sp³-hybridized carbons (Fsp3) is 0.400. The van der Waals surface area contributed by atoms with Crippen LogP contribution in [0.1, 0.15) is 47.8 Å². The standard InChI is InChI=1S/C20H23N5O3.ClH/c26-18-7-8-19(27)24(18)13-14-3-5-15(6-4-14)22-20(28)17-9-11-25(23-17)16-2-1-10-21-12-16;/h3-6,9,11,16,21H,1-2,7-8,10,12-13H2,(H,22,28);1H. The molecule has 0 saturated carbocycles. The third-order valence-corrected chi connectivity index (χ3v) is 5.19. The normalized spacial score (nSPS) is 19.2. The van der Waals surface area contributed by atoms with Crippen LogP contribution in [0.2, 0.25) is 0 Å². The van der Waals surface area contributed by atoms with Gasteiger partial charge in [-0.1, -0.05) is 12.1 Å². The summed E-state index contributed by atoms with van der Waals surface area (Å²) in [6.07, 6.45) is 4.58. The van der Waals surface area contributed by atoms with Crippen molar-refractivity contribution in [2.75, 3.05) is 18.4 Å². The monoisotopic (exact) mass is 417 g/mol. The van der Waals surface area contributed by atoms with Gasteiger partial charge in [0.2, 0.25) is 11.8 Å². The van der Waals surface area contributed by atoms with Gasteiger partial charge in [0.25, 0.3) is 5.91 Å². The minimum atomic E-state index is -0.264. The van der Waals surface area contributed by atoms with Crippen LogP contribution in [0.3, 0.4) is 0 Å². The minimum absolute atomic E-state index is 0. The van der Waals surface area contributed by atoms with E-state index in [1.807, 2.05) is 10.9 Å². The molecule has 1 aromatic carbocycles. The van der Waals surface area contributed by atoms with E-state index in [1.165, 1.54) is 4.90 Å². The number of rotatable bonds is 5. The molecular formula is C20H24ClN5O3. The molecule has 1 unspecified atom stereocenters. The van der Waals surface area contributed by atoms with E-state index in [2.05, 4.69) is 15.7 Å². The summed E-state index contributed by atoms with van der Waals surface area (Å²) < 4.78 is 1.86. The Kier molecular flexibility index (Phi) is 6.66. The van der Waals surface area contributed by atoms with Gasteiger partial charge in [0.1, 0.15) is 0 Å². The summed E-state index contributed by atoms with van der Waals surface area (Å²) >= 11 is 0. The topological polar surface area (TPSA) is 96.3 Å². The van der Waals surface area contributed by atoms with Gasteiger partial charge in [-0.15, -0.1) is 12.4 Å². The predicted octanol–water partition coefficient (Wildman–Crippen LogP) is 2.13. The summed E-state index contributed by atoms with van der Waals surface area (Å²) in [5.74, 6) is -0.530. The quantitative estimate of drug-likeness (QED) is 0.726. The fourth-order valence-electron chi connectivity index (χ4n) is 3.59. The number of benzene rings is 1. The number of likely N-dealkylation sites (tertiary alicyclic amines) is 1. The lowest BCUT2D eigenvalue weighted by atomic mass is 10.1. The number of anilines is 1. The van der Waals surface area contributed by atoms with E-state index < -0.39 is 0 Å². The average molecular weight is 418 g/mol. The summed E-state index contributed by atoms with van der Waals surface area (Å²) in [5, 5.41) is 10.6. The van der Waals surface area contributed by atoms with Crippen LogP contribution in [0.5, 0.6) is 0 Å². The van der Waals surface area contributed by atoms with E-state index in [9.17, 15) is 14.4 Å². The van der Waals surface area contributed by atoms with Gasteiger partial charge in [-0.3, -0.25) is 24.0 Å². The third kappa shape index (κ3) is 4.83. The summed E-state index contributed by atoms with van der Waals surface area (Å²) in [5.41, 5.74) is 1.86. The molecule has 1 atom stereocenters. The van der Waals surface area contributed by atoms with Crippen molar-refractivity contribution in [2.24, 2.45) is 0 Å². The molecule has 154 valence electrons. The highest BCUT2D eigenvalue weighted by Gasteiger charge is 2.28. The van der Waals surface area contributed by atoms with Crippen molar-refractivity contribution in [2.45, 2.75) is 38.3 Å². The summed E-state index contributed by atoms with van der Waals surface area (Å²) in [4.78, 5) is 37.2. The van der Waals surface area contributed by atoms with E-state index in [0.717, 1.165) is 31.5 Å². The van der Waals surface area contributed by atoms with Crippen molar-refractivity contribution in [3.8, 4) is 0 Å². The van der Waals surface area contributed by atoms with Gasteiger partial charge in [0.05, 0.1) is 12.6 Å². The van der Waals surface area contributed by atoms with Gasteiger partial charge in [0.15, 0.2) is 5.69 Å². The highest BCUT2D eigenvalue weighted by molar-refractivity contribution is 6.03. The van der Waals surface area contributed by atoms with E-state index in [4.69, 9.17) is 0 Å². The molecule has 2 N–H and O–H groups in total. The fourth-order valence-corrected chi connectivity index (χ4v) is 3.59. The number of carbonyl (C=O) groups excluding carboxylic acids is 3. The van der Waals surface area contributed by atoms with Gasteiger partial charge in [-0.25, -0.2) is 0 Å². The summed E-state index contributed by atoms with van der Waals surface area (Å²) in [6, 6.07) is 9.15. The third-order valence-electron chi connectivity index (χ3n) is 5.19. The summed E-state index contributed by atoms with van der Waals surface area (Å²) in [6.45, 7) is 2.17. The highest BCUT2D eigenvalue weighted by Crippen LogP contribution is 2.19. The molecule has 0 bridgehead atoms. The van der Waals surface area contributed by atoms with Crippen LogP contribution in [-0.4, -0.2) is 45.5 Å². The smallest absolute Gasteiger partial charge is 0.276 e. The first kappa shape index (κ1) is 21.0. The Morgan fingerprint density at radius 2 is 1.86 bits per heavy atom. The number of halogens is 1. The van der Waals surface area contributed by atoms with Crippen molar-refractivity contribution in [1.82, 2.24) is 20.0 Å². The van der Waals surface area contributed by atoms with Crippen molar-refractivity contribution >= 4 is 35.8 Å². The van der Waals surface area contributed by atoms with Gasteiger partial charge >= 0.3 is 0 Å². The molecule has 3 heterocycles. The largest absolute Gasteiger partial charge is 0.321 e. The highest BCUT2D eigenvalue weighted by atomic mass is 35.5. The van der Waals surface area contributed by atoms with Gasteiger partial charge in [0, 0.05) is 31.3 Å². The molecule has 0 radical (unpaired) electrons. The van der Waals surface area contributed by atoms with E-state index in [0.29, 0.717) is 11.4 Å². The van der Waals surface area contributed by atoms with Crippen molar-refractivity contribution in [3.05, 3.63) is 47.8 Å². The first-order chi connectivity index (χ1) is 13.6. The molecule has 2 fully saturated rings. The molecule has 0 aliphatic carbocycles. The average Bonchev–Trinajstić information content (AvgIpc) is 3.33. The number of piperidine rings is 1. The maximum Gasteiger partial charge on any atom is 0.276 e. The lowest BCUT2D eigenvalue weighted by Gasteiger charge is -2.22. The number of amides is 3. The zero-order valence-electron chi connectivity index (χ0n) is 16.0. The SMILES string of the molecule is Cl.O=C(Nc1ccc(CN2C(=O)CCC2=O)cc1)c1ccn(C2CCCNC2)n1. The Labute approximate surface area is 175 Å². The van der Waals surface area contributed by atoms with E-state index in [-0.39, 0.29) is 55.6 Å². The second kappa shape index (κ2) is 9.19. The number of nitrogens with one attached hydrogen (secondary N) is 2. The second-order valence-electron chi connectivity index (χ2n) is 7.21. The van der Waals surface area contributed by atoms with Gasteiger partial charge in [-0.2, -0.15) is 5.10 Å². The summed E-state index contributed by atoms with van der Waals surface area (Å²) in [7, 11) is 0. The van der Waals surface area contributed by atoms with Gasteiger partial charge < -0.3 is 10.6 Å². The maximum absolute atomic E-state index is 12.5. The molecule has 29 heavy (non-hydrogen) atoms. The van der Waals surface area contributed by atoms with Crippen LogP contribution in [0.4, 0.5) is 5.69 Å². The molecule has 2 aliphatic rings. The van der Waals surface area contributed by atoms with Crippen molar-refractivity contribution < 1.29 is 14.4 Å². The number of hydrogen-bond donors (Lipinski definition) is 2. The van der Waals surface area contributed by atoms with Crippen LogP contribution in [0.15, 0.2) is 36.5 Å². The lowest BCUT2D eigenvalue weighted by molar-refractivity contribution is -0.139. The lowest BCUT2D eigenvalue weighted by Crippen LogP contribution is -2.32. The molecule has 4 rings (SSSR count). The number of nitrogens with zero attached hydrogens (tertiary/aromatic N) is 3. The van der Waals surface area contributed by atoms with E-state index in [1.54, 1.807) is 30.3 Å². The molecule has 2 aliphatic heterocycles. The van der Waals surface area contributed by atoms with E-state index >= 15 is 0 Å². The molecule has 3 amide bonds. The number of aromatic nitrogens is 2. The molecule has 1 aromatic heterocycles. The first-order valence-corrected chi connectivity index (χ1v) is 9.59. The number of imide groups is 1. The first-order valence-electron chi connectivity index (χ1n) is 9.59. The Hall–Kier alpha value is -2.71. The minimum Gasteiger partial charge on any atom is -0.321 e. The molecule has 0 spiro atoms. The van der Waals surface area contributed by atoms with Crippen molar-refractivity contribution in [3.63, 3.8) is 0 Å². The predicted molar refractivity (Wildman–Crippen MR) is 110 cm³/mol. The number of hydrogen-bond acceptors (Lipinski definition) is 5. The zero-order valence-corrected chi connectivity index (χ0v) is 16.8.